The average Bonchev–Trinajstić information content (AvgIpc) is 2.94. The van der Waals surface area contributed by atoms with Crippen molar-refractivity contribution in [3.63, 3.8) is 0 Å². The van der Waals surface area contributed by atoms with Gasteiger partial charge in [0, 0.05) is 22.2 Å². The van der Waals surface area contributed by atoms with E-state index in [1.54, 1.807) is 56.3 Å². The van der Waals surface area contributed by atoms with Gasteiger partial charge in [-0.1, -0.05) is 49.7 Å². The van der Waals surface area contributed by atoms with Crippen molar-refractivity contribution in [1.82, 2.24) is 0 Å². The summed E-state index contributed by atoms with van der Waals surface area (Å²) in [6.07, 6.45) is 0. The van der Waals surface area contributed by atoms with Gasteiger partial charge in [-0.05, 0) is 30.7 Å². The first-order valence-corrected chi connectivity index (χ1v) is 9.35. The van der Waals surface area contributed by atoms with Gasteiger partial charge in [-0.25, -0.2) is 0 Å². The molecule has 0 fully saturated rings. The Morgan fingerprint density at radius 3 is 2.50 bits per heavy atom. The summed E-state index contributed by atoms with van der Waals surface area (Å²) >= 11 is 6.27. The van der Waals surface area contributed by atoms with E-state index in [0.717, 1.165) is 5.56 Å². The van der Waals surface area contributed by atoms with E-state index in [0.29, 0.717) is 22.0 Å². The Morgan fingerprint density at radius 2 is 1.89 bits per heavy atom. The monoisotopic (exact) mass is 399 g/mol. The molecule has 146 valence electrons. The Labute approximate surface area is 169 Å². The highest BCUT2D eigenvalue weighted by molar-refractivity contribution is 6.31. The number of aliphatic hydroxyl groups excluding tert-OH is 1. The maximum Gasteiger partial charge on any atom is 0.294 e. The molecule has 0 bridgehead atoms. The summed E-state index contributed by atoms with van der Waals surface area (Å²) in [5.74, 6) is -1.33. The number of carbonyl (C=O) groups excluding carboxylic acids is 2. The third kappa shape index (κ3) is 3.27. The molecule has 6 heteroatoms. The van der Waals surface area contributed by atoms with Gasteiger partial charge in [0.2, 0.25) is 0 Å². The van der Waals surface area contributed by atoms with Crippen LogP contribution >= 0.6 is 11.6 Å². The molecular weight excluding hydrogens is 378 g/mol. The van der Waals surface area contributed by atoms with Crippen LogP contribution in [-0.2, 0) is 9.59 Å². The highest BCUT2D eigenvalue weighted by atomic mass is 35.5. The summed E-state index contributed by atoms with van der Waals surface area (Å²) < 4.78 is 5.46. The van der Waals surface area contributed by atoms with E-state index >= 15 is 0 Å². The molecule has 1 aliphatic rings. The number of amides is 1. The van der Waals surface area contributed by atoms with Gasteiger partial charge in [-0.15, -0.1) is 0 Å². The van der Waals surface area contributed by atoms with Crippen molar-refractivity contribution < 1.29 is 19.4 Å². The molecule has 1 atom stereocenters. The molecule has 1 unspecified atom stereocenters. The van der Waals surface area contributed by atoms with Crippen molar-refractivity contribution in [2.45, 2.75) is 26.8 Å². The smallest absolute Gasteiger partial charge is 0.294 e. The fourth-order valence-electron chi connectivity index (χ4n) is 3.35. The van der Waals surface area contributed by atoms with Crippen molar-refractivity contribution in [3.05, 3.63) is 69.9 Å². The number of methoxy groups -OCH3 is 1. The van der Waals surface area contributed by atoms with Crippen LogP contribution in [0.2, 0.25) is 5.02 Å². The predicted octanol–water partition coefficient (Wildman–Crippen LogP) is 4.78. The van der Waals surface area contributed by atoms with Gasteiger partial charge in [-0.2, -0.15) is 0 Å². The van der Waals surface area contributed by atoms with Crippen LogP contribution in [-0.4, -0.2) is 23.9 Å². The van der Waals surface area contributed by atoms with E-state index in [4.69, 9.17) is 16.3 Å². The minimum Gasteiger partial charge on any atom is -0.503 e. The molecule has 1 aliphatic heterocycles. The highest BCUT2D eigenvalue weighted by Gasteiger charge is 2.45. The SMILES string of the molecule is COc1ccccc1C1C(C(=O)C(C)C)=C(O)C(=O)N1c1ccc(C)c(Cl)c1. The predicted molar refractivity (Wildman–Crippen MR) is 109 cm³/mol. The molecule has 0 saturated carbocycles. The number of hydrogen-bond donors (Lipinski definition) is 1. The first-order valence-electron chi connectivity index (χ1n) is 8.97. The van der Waals surface area contributed by atoms with E-state index in [2.05, 4.69) is 0 Å². The first kappa shape index (κ1) is 20.0. The van der Waals surface area contributed by atoms with Gasteiger partial charge in [0.25, 0.3) is 5.91 Å². The Hall–Kier alpha value is -2.79. The number of para-hydroxylation sites is 1. The number of hydrogen-bond acceptors (Lipinski definition) is 4. The molecule has 1 N–H and O–H groups in total. The van der Waals surface area contributed by atoms with Crippen LogP contribution in [0.5, 0.6) is 5.75 Å². The lowest BCUT2D eigenvalue weighted by Gasteiger charge is -2.28. The first-order chi connectivity index (χ1) is 13.3. The molecule has 0 spiro atoms. The topological polar surface area (TPSA) is 66.8 Å². The lowest BCUT2D eigenvalue weighted by Crippen LogP contribution is -2.31. The number of aryl methyl sites for hydroxylation is 1. The van der Waals surface area contributed by atoms with E-state index in [1.165, 1.54) is 12.0 Å². The van der Waals surface area contributed by atoms with Gasteiger partial charge in [0.05, 0.1) is 18.7 Å². The second kappa shape index (κ2) is 7.68. The zero-order valence-electron chi connectivity index (χ0n) is 16.2. The number of aliphatic hydroxyl groups is 1. The Kier molecular flexibility index (Phi) is 5.47. The Bertz CT molecular complexity index is 980. The zero-order chi connectivity index (χ0) is 20.6. The second-order valence-corrected chi connectivity index (χ2v) is 7.44. The molecule has 0 saturated heterocycles. The number of ketones is 1. The molecule has 5 nitrogen and oxygen atoms in total. The lowest BCUT2D eigenvalue weighted by molar-refractivity contribution is -0.119. The number of rotatable bonds is 5. The van der Waals surface area contributed by atoms with Crippen molar-refractivity contribution in [3.8, 4) is 5.75 Å². The third-order valence-corrected chi connectivity index (χ3v) is 5.27. The number of anilines is 1. The van der Waals surface area contributed by atoms with Crippen LogP contribution in [0.1, 0.15) is 31.0 Å². The number of ether oxygens (including phenoxy) is 1. The molecule has 1 amide bonds. The Morgan fingerprint density at radius 1 is 1.21 bits per heavy atom. The van der Waals surface area contributed by atoms with Gasteiger partial charge >= 0.3 is 0 Å². The molecule has 1 heterocycles. The van der Waals surface area contributed by atoms with E-state index in [1.807, 2.05) is 6.92 Å². The van der Waals surface area contributed by atoms with Crippen LogP contribution in [0, 0.1) is 12.8 Å². The molecule has 28 heavy (non-hydrogen) atoms. The third-order valence-electron chi connectivity index (χ3n) is 4.87. The maximum absolute atomic E-state index is 13.0. The summed E-state index contributed by atoms with van der Waals surface area (Å²) in [7, 11) is 1.52. The molecule has 2 aromatic rings. The van der Waals surface area contributed by atoms with E-state index in [-0.39, 0.29) is 17.3 Å². The van der Waals surface area contributed by atoms with Crippen molar-refractivity contribution >= 4 is 29.0 Å². The fourth-order valence-corrected chi connectivity index (χ4v) is 3.53. The van der Waals surface area contributed by atoms with Crippen LogP contribution in [0.15, 0.2) is 53.8 Å². The fraction of sp³-hybridized carbons (Fsp3) is 0.273. The van der Waals surface area contributed by atoms with Crippen molar-refractivity contribution in [2.24, 2.45) is 5.92 Å². The molecule has 0 aromatic heterocycles. The van der Waals surface area contributed by atoms with Gasteiger partial charge in [-0.3, -0.25) is 14.5 Å². The summed E-state index contributed by atoms with van der Waals surface area (Å²) in [4.78, 5) is 27.3. The number of halogens is 1. The number of Topliss-reactive ketones (excluding diaryl/α,β-unsaturated/α-hetero) is 1. The minimum atomic E-state index is -0.808. The van der Waals surface area contributed by atoms with Crippen LogP contribution in [0.4, 0.5) is 5.69 Å². The van der Waals surface area contributed by atoms with Gasteiger partial charge < -0.3 is 9.84 Å². The quantitative estimate of drug-likeness (QED) is 0.785. The van der Waals surface area contributed by atoms with Crippen LogP contribution in [0.25, 0.3) is 0 Å². The van der Waals surface area contributed by atoms with Gasteiger partial charge in [0.15, 0.2) is 11.5 Å². The normalized spacial score (nSPS) is 16.9. The van der Waals surface area contributed by atoms with Gasteiger partial charge in [0.1, 0.15) is 5.75 Å². The van der Waals surface area contributed by atoms with E-state index < -0.39 is 17.7 Å². The molecular formula is C22H22ClNO4. The van der Waals surface area contributed by atoms with E-state index in [9.17, 15) is 14.7 Å². The number of benzene rings is 2. The van der Waals surface area contributed by atoms with Crippen molar-refractivity contribution in [1.29, 1.82) is 0 Å². The minimum absolute atomic E-state index is 0.0706. The zero-order valence-corrected chi connectivity index (χ0v) is 16.9. The van der Waals surface area contributed by atoms with Crippen molar-refractivity contribution in [2.75, 3.05) is 12.0 Å². The molecule has 3 rings (SSSR count). The Balaban J connectivity index is 2.25. The number of nitrogens with zero attached hydrogens (tertiary/aromatic N) is 1. The molecule has 0 aliphatic carbocycles. The lowest BCUT2D eigenvalue weighted by atomic mass is 9.90. The average molecular weight is 400 g/mol. The van der Waals surface area contributed by atoms with Crippen LogP contribution in [0.3, 0.4) is 0 Å². The highest BCUT2D eigenvalue weighted by Crippen LogP contribution is 2.45. The summed E-state index contributed by atoms with van der Waals surface area (Å²) in [6, 6.07) is 11.5. The number of carbonyl (C=O) groups is 2. The molecule has 0 radical (unpaired) electrons. The standard InChI is InChI=1S/C22H22ClNO4/c1-12(2)20(25)18-19(15-7-5-6-8-17(15)28-4)24(22(27)21(18)26)14-10-9-13(3)16(23)11-14/h5-12,19,26H,1-4H3. The summed E-state index contributed by atoms with van der Waals surface area (Å²) in [5, 5.41) is 11.1. The summed E-state index contributed by atoms with van der Waals surface area (Å²) in [6.45, 7) is 5.33. The summed E-state index contributed by atoms with van der Waals surface area (Å²) in [5.41, 5.74) is 2.04. The largest absolute Gasteiger partial charge is 0.503 e. The maximum atomic E-state index is 13.0. The molecule has 2 aromatic carbocycles. The van der Waals surface area contributed by atoms with Crippen LogP contribution < -0.4 is 9.64 Å². The second-order valence-electron chi connectivity index (χ2n) is 7.03.